The fourth-order valence-corrected chi connectivity index (χ4v) is 2.02. The number of aliphatic carboxylic acids is 1. The fourth-order valence-electron chi connectivity index (χ4n) is 2.02. The maximum Gasteiger partial charge on any atom is 0.331 e. The first kappa shape index (κ1) is 13.1. The van der Waals surface area contributed by atoms with Gasteiger partial charge in [0.15, 0.2) is 6.04 Å². The number of carbonyl (C=O) groups is 1. The minimum absolute atomic E-state index is 0.416. The molecule has 0 saturated carbocycles. The van der Waals surface area contributed by atoms with E-state index in [2.05, 4.69) is 0 Å². The lowest BCUT2D eigenvalue weighted by Crippen LogP contribution is -2.30. The minimum Gasteiger partial charge on any atom is -0.479 e. The molecule has 0 aromatic heterocycles. The van der Waals surface area contributed by atoms with E-state index in [0.717, 1.165) is 5.69 Å². The van der Waals surface area contributed by atoms with Gasteiger partial charge < -0.3 is 10.0 Å². The molecule has 4 heteroatoms. The Morgan fingerprint density at radius 1 is 1.16 bits per heavy atom. The molecule has 0 aliphatic rings. The van der Waals surface area contributed by atoms with Gasteiger partial charge in [-0.2, -0.15) is 0 Å². The van der Waals surface area contributed by atoms with Crippen molar-refractivity contribution in [1.29, 1.82) is 0 Å². The molecule has 0 radical (unpaired) electrons. The fraction of sp³-hybridized carbons (Fsp3) is 0.133. The summed E-state index contributed by atoms with van der Waals surface area (Å²) < 4.78 is 13.2. The molecule has 2 aromatic carbocycles. The van der Waals surface area contributed by atoms with Crippen LogP contribution in [0, 0.1) is 5.82 Å². The maximum absolute atomic E-state index is 13.2. The molecule has 1 unspecified atom stereocenters. The van der Waals surface area contributed by atoms with Gasteiger partial charge in [0.1, 0.15) is 5.82 Å². The molecule has 98 valence electrons. The van der Waals surface area contributed by atoms with E-state index in [1.807, 2.05) is 30.3 Å². The first-order valence-corrected chi connectivity index (χ1v) is 5.86. The van der Waals surface area contributed by atoms with Gasteiger partial charge in [-0.15, -0.1) is 0 Å². The number of rotatable bonds is 4. The monoisotopic (exact) mass is 259 g/mol. The molecule has 2 aromatic rings. The number of nitrogens with zero attached hydrogens (tertiary/aromatic N) is 1. The molecule has 0 amide bonds. The summed E-state index contributed by atoms with van der Waals surface area (Å²) in [5, 5.41) is 9.39. The van der Waals surface area contributed by atoms with Crippen LogP contribution in [0.15, 0.2) is 54.6 Å². The van der Waals surface area contributed by atoms with Crippen molar-refractivity contribution in [1.82, 2.24) is 0 Å². The Hall–Kier alpha value is -2.36. The van der Waals surface area contributed by atoms with Crippen molar-refractivity contribution in [3.63, 3.8) is 0 Å². The van der Waals surface area contributed by atoms with E-state index in [9.17, 15) is 14.3 Å². The summed E-state index contributed by atoms with van der Waals surface area (Å²) in [6.07, 6.45) is 0. The van der Waals surface area contributed by atoms with Gasteiger partial charge in [0.05, 0.1) is 0 Å². The second-order valence-electron chi connectivity index (χ2n) is 4.24. The summed E-state index contributed by atoms with van der Waals surface area (Å²) in [6.45, 7) is 0. The Morgan fingerprint density at radius 2 is 1.84 bits per heavy atom. The van der Waals surface area contributed by atoms with E-state index < -0.39 is 17.8 Å². The molecule has 1 N–H and O–H groups in total. The predicted octanol–water partition coefficient (Wildman–Crippen LogP) is 3.09. The van der Waals surface area contributed by atoms with Crippen LogP contribution in [0.4, 0.5) is 10.1 Å². The maximum atomic E-state index is 13.2. The van der Waals surface area contributed by atoms with Crippen molar-refractivity contribution in [2.75, 3.05) is 11.9 Å². The molecule has 0 aliphatic carbocycles. The lowest BCUT2D eigenvalue weighted by Gasteiger charge is -2.27. The van der Waals surface area contributed by atoms with Crippen LogP contribution in [-0.4, -0.2) is 18.1 Å². The van der Waals surface area contributed by atoms with Crippen molar-refractivity contribution in [2.45, 2.75) is 6.04 Å². The first-order valence-electron chi connectivity index (χ1n) is 5.86. The van der Waals surface area contributed by atoms with Crippen LogP contribution < -0.4 is 4.90 Å². The molecule has 2 rings (SSSR count). The molecule has 0 spiro atoms. The molecular formula is C15H14FNO2. The third-order valence-corrected chi connectivity index (χ3v) is 2.95. The number of benzene rings is 2. The Labute approximate surface area is 110 Å². The van der Waals surface area contributed by atoms with Crippen molar-refractivity contribution >= 4 is 11.7 Å². The molecule has 1 atom stereocenters. The topological polar surface area (TPSA) is 40.5 Å². The smallest absolute Gasteiger partial charge is 0.331 e. The van der Waals surface area contributed by atoms with E-state index in [0.29, 0.717) is 5.56 Å². The molecule has 0 aliphatic heterocycles. The van der Waals surface area contributed by atoms with Gasteiger partial charge in [-0.25, -0.2) is 9.18 Å². The third kappa shape index (κ3) is 2.91. The van der Waals surface area contributed by atoms with Gasteiger partial charge in [-0.05, 0) is 29.8 Å². The van der Waals surface area contributed by atoms with Gasteiger partial charge >= 0.3 is 5.97 Å². The van der Waals surface area contributed by atoms with Gasteiger partial charge in [0, 0.05) is 12.7 Å². The Morgan fingerprint density at radius 3 is 2.42 bits per heavy atom. The number of para-hydroxylation sites is 1. The third-order valence-electron chi connectivity index (χ3n) is 2.95. The van der Waals surface area contributed by atoms with Crippen LogP contribution in [0.25, 0.3) is 0 Å². The zero-order valence-electron chi connectivity index (χ0n) is 10.5. The Kier molecular flexibility index (Phi) is 3.80. The van der Waals surface area contributed by atoms with Crippen LogP contribution in [0.2, 0.25) is 0 Å². The molecule has 3 nitrogen and oxygen atoms in total. The van der Waals surface area contributed by atoms with Gasteiger partial charge in [-0.3, -0.25) is 0 Å². The van der Waals surface area contributed by atoms with Crippen LogP contribution >= 0.6 is 0 Å². The van der Waals surface area contributed by atoms with Gasteiger partial charge in [0.2, 0.25) is 0 Å². The summed E-state index contributed by atoms with van der Waals surface area (Å²) in [4.78, 5) is 13.1. The summed E-state index contributed by atoms with van der Waals surface area (Å²) in [5.41, 5.74) is 1.18. The number of hydrogen-bond donors (Lipinski definition) is 1. The van der Waals surface area contributed by atoms with E-state index >= 15 is 0 Å². The van der Waals surface area contributed by atoms with Gasteiger partial charge in [-0.1, -0.05) is 30.3 Å². The highest BCUT2D eigenvalue weighted by Gasteiger charge is 2.25. The minimum atomic E-state index is -1.02. The van der Waals surface area contributed by atoms with Crippen molar-refractivity contribution < 1.29 is 14.3 Å². The van der Waals surface area contributed by atoms with Crippen LogP contribution in [-0.2, 0) is 4.79 Å². The average molecular weight is 259 g/mol. The lowest BCUT2D eigenvalue weighted by molar-refractivity contribution is -0.138. The van der Waals surface area contributed by atoms with Crippen LogP contribution in [0.3, 0.4) is 0 Å². The summed E-state index contributed by atoms with van der Waals surface area (Å²) >= 11 is 0. The zero-order chi connectivity index (χ0) is 13.8. The second-order valence-corrected chi connectivity index (χ2v) is 4.24. The summed E-state index contributed by atoms with van der Waals surface area (Å²) in [6, 6.07) is 13.9. The molecule has 0 fully saturated rings. The molecule has 0 bridgehead atoms. The SMILES string of the molecule is CN(c1ccccc1)C(C(=O)O)c1cccc(F)c1. The van der Waals surface area contributed by atoms with E-state index in [1.165, 1.54) is 18.2 Å². The number of carboxylic acid groups (broad SMARTS) is 1. The molecule has 19 heavy (non-hydrogen) atoms. The van der Waals surface area contributed by atoms with Crippen LogP contribution in [0.1, 0.15) is 11.6 Å². The van der Waals surface area contributed by atoms with E-state index in [1.54, 1.807) is 18.0 Å². The number of halogens is 1. The van der Waals surface area contributed by atoms with Crippen molar-refractivity contribution in [3.05, 3.63) is 66.0 Å². The lowest BCUT2D eigenvalue weighted by atomic mass is 10.0. The first-order chi connectivity index (χ1) is 9.09. The molecule has 0 heterocycles. The molecular weight excluding hydrogens is 245 g/mol. The van der Waals surface area contributed by atoms with E-state index in [4.69, 9.17) is 0 Å². The highest BCUT2D eigenvalue weighted by Crippen LogP contribution is 2.26. The number of hydrogen-bond acceptors (Lipinski definition) is 2. The largest absolute Gasteiger partial charge is 0.479 e. The Balaban J connectivity index is 2.39. The van der Waals surface area contributed by atoms with Crippen molar-refractivity contribution in [3.8, 4) is 0 Å². The normalized spacial score (nSPS) is 11.9. The quantitative estimate of drug-likeness (QED) is 0.917. The highest BCUT2D eigenvalue weighted by atomic mass is 19.1. The summed E-state index contributed by atoms with van der Waals surface area (Å²) in [7, 11) is 1.68. The average Bonchev–Trinajstić information content (AvgIpc) is 2.39. The van der Waals surface area contributed by atoms with Gasteiger partial charge in [0.25, 0.3) is 0 Å². The van der Waals surface area contributed by atoms with E-state index in [-0.39, 0.29) is 0 Å². The standard InChI is InChI=1S/C15H14FNO2/c1-17(13-8-3-2-4-9-13)14(15(18)19)11-6-5-7-12(16)10-11/h2-10,14H,1H3,(H,18,19). The zero-order valence-corrected chi connectivity index (χ0v) is 10.5. The highest BCUT2D eigenvalue weighted by molar-refractivity contribution is 5.80. The number of carboxylic acids is 1. The van der Waals surface area contributed by atoms with Crippen molar-refractivity contribution in [2.24, 2.45) is 0 Å². The number of likely N-dealkylation sites (N-methyl/N-ethyl adjacent to an activating group) is 1. The molecule has 0 saturated heterocycles. The second kappa shape index (κ2) is 5.52. The summed E-state index contributed by atoms with van der Waals surface area (Å²) in [5.74, 6) is -1.46. The number of anilines is 1. The van der Waals surface area contributed by atoms with Crippen LogP contribution in [0.5, 0.6) is 0 Å². The predicted molar refractivity (Wildman–Crippen MR) is 71.6 cm³/mol. The Bertz CT molecular complexity index is 571.